The van der Waals surface area contributed by atoms with Crippen molar-refractivity contribution < 1.29 is 0 Å². The summed E-state index contributed by atoms with van der Waals surface area (Å²) in [6.45, 7) is 0. The maximum Gasteiger partial charge on any atom is 0.166 e. The fourth-order valence-electron chi connectivity index (χ4n) is 9.79. The molecule has 0 spiro atoms. The Labute approximate surface area is 377 Å². The van der Waals surface area contributed by atoms with E-state index in [1.165, 1.54) is 20.2 Å². The highest BCUT2D eigenvalue weighted by atomic mass is 32.1. The third-order valence-corrected chi connectivity index (χ3v) is 13.8. The predicted molar refractivity (Wildman–Crippen MR) is 268 cm³/mol. The van der Waals surface area contributed by atoms with E-state index in [0.29, 0.717) is 23.0 Å². The highest BCUT2D eigenvalue weighted by molar-refractivity contribution is 7.26. The van der Waals surface area contributed by atoms with Gasteiger partial charge in [-0.05, 0) is 59.7 Å². The minimum Gasteiger partial charge on any atom is -0.308 e. The van der Waals surface area contributed by atoms with Crippen LogP contribution in [-0.2, 0) is 0 Å². The van der Waals surface area contributed by atoms with Crippen molar-refractivity contribution in [3.8, 4) is 62.7 Å². The van der Waals surface area contributed by atoms with Crippen LogP contribution in [0, 0.1) is 11.3 Å². The van der Waals surface area contributed by atoms with E-state index in [1.54, 1.807) is 0 Å². The van der Waals surface area contributed by atoms with E-state index in [-0.39, 0.29) is 0 Å². The fraction of sp³-hybridized carbons (Fsp3) is 0. The molecule has 0 aliphatic carbocycles. The van der Waals surface area contributed by atoms with Crippen LogP contribution in [0.5, 0.6) is 0 Å². The first-order chi connectivity index (χ1) is 32.2. The summed E-state index contributed by atoms with van der Waals surface area (Å²) in [6, 6.07) is 74.2. The van der Waals surface area contributed by atoms with E-state index in [1.807, 2.05) is 84.1 Å². The first-order valence-electron chi connectivity index (χ1n) is 21.6. The Morgan fingerprint density at radius 2 is 1.02 bits per heavy atom. The largest absolute Gasteiger partial charge is 0.308 e. The molecule has 0 bridgehead atoms. The molecule has 65 heavy (non-hydrogen) atoms. The van der Waals surface area contributed by atoms with Gasteiger partial charge in [0.2, 0.25) is 0 Å². The van der Waals surface area contributed by atoms with Gasteiger partial charge in [0, 0.05) is 53.7 Å². The second-order valence-electron chi connectivity index (χ2n) is 16.2. The summed E-state index contributed by atoms with van der Waals surface area (Å²) in [5, 5.41) is 17.6. The highest BCUT2D eigenvalue weighted by Crippen LogP contribution is 2.46. The molecule has 0 aliphatic heterocycles. The Hall–Kier alpha value is -8.70. The van der Waals surface area contributed by atoms with Crippen molar-refractivity contribution in [2.45, 2.75) is 0 Å². The standard InChI is InChI=1S/C58H34N6S/c59-35-36-30-32-49(46(34-36)58-61-56(38-18-5-2-6-19-38)60-57(62-58)44-23-8-7-20-39(44)37-16-3-1-4-17-37)64-47-26-12-9-21-40(47)42-31-33-50-53(54(42)64)45-24-10-13-27-48(45)63(50)51-28-15-25-43-41-22-11-14-29-52(41)65-55(43)51/h1-34H. The molecule has 0 fully saturated rings. The zero-order valence-corrected chi connectivity index (χ0v) is 35.5. The zero-order chi connectivity index (χ0) is 43.0. The maximum atomic E-state index is 10.5. The van der Waals surface area contributed by atoms with Crippen LogP contribution >= 0.6 is 11.3 Å². The summed E-state index contributed by atoms with van der Waals surface area (Å²) < 4.78 is 7.33. The molecule has 0 saturated heterocycles. The molecule has 0 saturated carbocycles. The second kappa shape index (κ2) is 14.7. The normalized spacial score (nSPS) is 11.7. The Balaban J connectivity index is 1.13. The average Bonchev–Trinajstić information content (AvgIpc) is 4.04. The van der Waals surface area contributed by atoms with Crippen LogP contribution in [0.4, 0.5) is 0 Å². The van der Waals surface area contributed by atoms with Crippen molar-refractivity contribution in [3.63, 3.8) is 0 Å². The van der Waals surface area contributed by atoms with Gasteiger partial charge in [0.15, 0.2) is 17.5 Å². The van der Waals surface area contributed by atoms with Gasteiger partial charge in [-0.2, -0.15) is 5.26 Å². The Morgan fingerprint density at radius 3 is 1.80 bits per heavy atom. The quantitative estimate of drug-likeness (QED) is 0.167. The number of nitrogens with zero attached hydrogens (tertiary/aromatic N) is 6. The van der Waals surface area contributed by atoms with E-state index in [0.717, 1.165) is 82.8 Å². The van der Waals surface area contributed by atoms with Gasteiger partial charge in [0.1, 0.15) is 0 Å². The summed E-state index contributed by atoms with van der Waals surface area (Å²) >= 11 is 1.84. The van der Waals surface area contributed by atoms with Crippen LogP contribution in [0.2, 0.25) is 0 Å². The molecule has 7 heteroatoms. The molecule has 0 radical (unpaired) electrons. The lowest BCUT2D eigenvalue weighted by atomic mass is 9.99. The number of para-hydroxylation sites is 2. The maximum absolute atomic E-state index is 10.5. The van der Waals surface area contributed by atoms with Crippen LogP contribution in [0.25, 0.3) is 120 Å². The molecule has 0 aliphatic rings. The van der Waals surface area contributed by atoms with Crippen LogP contribution in [-0.4, -0.2) is 24.1 Å². The van der Waals surface area contributed by atoms with Crippen molar-refractivity contribution in [1.82, 2.24) is 24.1 Å². The van der Waals surface area contributed by atoms with Gasteiger partial charge in [-0.1, -0.05) is 158 Å². The number of hydrogen-bond donors (Lipinski definition) is 0. The Morgan fingerprint density at radius 1 is 0.400 bits per heavy atom. The molecule has 0 unspecified atom stereocenters. The lowest BCUT2D eigenvalue weighted by Crippen LogP contribution is -2.04. The van der Waals surface area contributed by atoms with Crippen molar-refractivity contribution >= 4 is 75.1 Å². The molecule has 0 amide bonds. The van der Waals surface area contributed by atoms with Crippen molar-refractivity contribution in [1.29, 1.82) is 5.26 Å². The number of fused-ring (bicyclic) bond motifs is 10. The molecular weight excluding hydrogens is 813 g/mol. The minimum atomic E-state index is 0.473. The molecule has 9 aromatic carbocycles. The summed E-state index contributed by atoms with van der Waals surface area (Å²) in [7, 11) is 0. The van der Waals surface area contributed by atoms with E-state index >= 15 is 0 Å². The van der Waals surface area contributed by atoms with Gasteiger partial charge in [0.05, 0.1) is 49.8 Å². The van der Waals surface area contributed by atoms with Crippen molar-refractivity contribution in [3.05, 3.63) is 212 Å². The minimum absolute atomic E-state index is 0.473. The SMILES string of the molecule is N#Cc1ccc(-n2c3ccccc3c3ccc4c(c5ccccc5n4-c4cccc5c4sc4ccccc45)c32)c(-c2nc(-c3ccccc3)nc(-c3ccccc3-c3ccccc3)n2)c1. The lowest BCUT2D eigenvalue weighted by Gasteiger charge is -2.16. The first-order valence-corrected chi connectivity index (χ1v) is 22.4. The molecule has 4 heterocycles. The van der Waals surface area contributed by atoms with Crippen LogP contribution in [0.1, 0.15) is 5.56 Å². The summed E-state index contributed by atoms with van der Waals surface area (Å²) in [6.07, 6.45) is 0. The molecule has 4 aromatic heterocycles. The molecular formula is C58H34N6S. The van der Waals surface area contributed by atoms with E-state index in [4.69, 9.17) is 15.0 Å². The second-order valence-corrected chi connectivity index (χ2v) is 17.3. The predicted octanol–water partition coefficient (Wildman–Crippen LogP) is 15.0. The van der Waals surface area contributed by atoms with Gasteiger partial charge in [-0.3, -0.25) is 0 Å². The number of nitriles is 1. The molecule has 0 N–H and O–H groups in total. The highest BCUT2D eigenvalue weighted by Gasteiger charge is 2.25. The van der Waals surface area contributed by atoms with Gasteiger partial charge < -0.3 is 9.13 Å². The monoisotopic (exact) mass is 846 g/mol. The van der Waals surface area contributed by atoms with Crippen LogP contribution in [0.15, 0.2) is 206 Å². The van der Waals surface area contributed by atoms with E-state index < -0.39 is 0 Å². The van der Waals surface area contributed by atoms with E-state index in [2.05, 4.69) is 149 Å². The van der Waals surface area contributed by atoms with Crippen LogP contribution in [0.3, 0.4) is 0 Å². The van der Waals surface area contributed by atoms with Crippen molar-refractivity contribution in [2.75, 3.05) is 0 Å². The topological polar surface area (TPSA) is 72.3 Å². The number of thiophene rings is 1. The number of benzene rings is 9. The summed E-state index contributed by atoms with van der Waals surface area (Å²) in [5.41, 5.74) is 11.4. The smallest absolute Gasteiger partial charge is 0.166 e. The van der Waals surface area contributed by atoms with Gasteiger partial charge in [-0.25, -0.2) is 15.0 Å². The van der Waals surface area contributed by atoms with E-state index in [9.17, 15) is 5.26 Å². The summed E-state index contributed by atoms with van der Waals surface area (Å²) in [4.78, 5) is 15.8. The molecule has 13 rings (SSSR count). The molecule has 0 atom stereocenters. The summed E-state index contributed by atoms with van der Waals surface area (Å²) in [5.74, 6) is 1.57. The molecule has 13 aromatic rings. The Kier molecular flexibility index (Phi) is 8.35. The first kappa shape index (κ1) is 36.9. The number of hydrogen-bond acceptors (Lipinski definition) is 5. The third kappa shape index (κ3) is 5.75. The van der Waals surface area contributed by atoms with Crippen LogP contribution < -0.4 is 0 Å². The lowest BCUT2D eigenvalue weighted by molar-refractivity contribution is 1.06. The average molecular weight is 847 g/mol. The number of rotatable bonds is 6. The number of aromatic nitrogens is 5. The van der Waals surface area contributed by atoms with Gasteiger partial charge in [-0.15, -0.1) is 11.3 Å². The third-order valence-electron chi connectivity index (χ3n) is 12.6. The van der Waals surface area contributed by atoms with Gasteiger partial charge in [0.25, 0.3) is 0 Å². The Bertz CT molecular complexity index is 4080. The van der Waals surface area contributed by atoms with Gasteiger partial charge >= 0.3 is 0 Å². The molecule has 302 valence electrons. The fourth-order valence-corrected chi connectivity index (χ4v) is 11.0. The zero-order valence-electron chi connectivity index (χ0n) is 34.7. The van der Waals surface area contributed by atoms with Crippen molar-refractivity contribution in [2.24, 2.45) is 0 Å². The molecule has 6 nitrogen and oxygen atoms in total.